The average Bonchev–Trinajstić information content (AvgIpc) is 3.01. The summed E-state index contributed by atoms with van der Waals surface area (Å²) in [5, 5.41) is 20.8. The molecule has 0 saturated carbocycles. The molecule has 2 aromatic heterocycles. The van der Waals surface area contributed by atoms with Gasteiger partial charge < -0.3 is 14.4 Å². The van der Waals surface area contributed by atoms with Crippen LogP contribution in [0.25, 0.3) is 22.3 Å². The fraction of sp³-hybridized carbons (Fsp3) is 0.350. The zero-order valence-corrected chi connectivity index (χ0v) is 18.4. The summed E-state index contributed by atoms with van der Waals surface area (Å²) in [6.07, 6.45) is 3.68. The predicted octanol–water partition coefficient (Wildman–Crippen LogP) is 4.71. The van der Waals surface area contributed by atoms with E-state index >= 15 is 0 Å². The number of thioether (sulfide) groups is 1. The number of phenols is 1. The second-order valence-corrected chi connectivity index (χ2v) is 14.2. The van der Waals surface area contributed by atoms with Crippen LogP contribution in [0.4, 0.5) is 0 Å². The van der Waals surface area contributed by atoms with Gasteiger partial charge in [0, 0.05) is 26.4 Å². The molecule has 6 nitrogen and oxygen atoms in total. The van der Waals surface area contributed by atoms with E-state index in [2.05, 4.69) is 35.7 Å². The van der Waals surface area contributed by atoms with Crippen molar-refractivity contribution in [1.82, 2.24) is 14.5 Å². The number of phenolic OH excluding ortho intramolecular Hbond substituents is 1. The van der Waals surface area contributed by atoms with E-state index in [0.717, 1.165) is 11.6 Å². The van der Waals surface area contributed by atoms with Gasteiger partial charge in [0.1, 0.15) is 24.2 Å². The minimum absolute atomic E-state index is 0.155. The van der Waals surface area contributed by atoms with Gasteiger partial charge in [0.15, 0.2) is 5.16 Å². The second kappa shape index (κ2) is 8.35. The van der Waals surface area contributed by atoms with Gasteiger partial charge in [0.2, 0.25) is 0 Å². The monoisotopic (exact) mass is 412 g/mol. The summed E-state index contributed by atoms with van der Waals surface area (Å²) in [7, 11) is -1.16. The lowest BCUT2D eigenvalue weighted by Gasteiger charge is -2.15. The molecule has 0 spiro atoms. The molecule has 0 aliphatic rings. The number of ether oxygens (including phenoxy) is 1. The molecular formula is C20H24N4O2SSi. The summed E-state index contributed by atoms with van der Waals surface area (Å²) in [4.78, 5) is 9.25. The standard InChI is InChI=1S/C20H24N4O2SSi/c1-27-20-22-18(14-6-5-7-16(25)10-14)17-15(11-21)12-24(19(17)23-20)13-26-8-9-28(2,3)4/h5-7,10,12,25H,8-9,13H2,1-4H3. The predicted molar refractivity (Wildman–Crippen MR) is 115 cm³/mol. The van der Waals surface area contributed by atoms with Gasteiger partial charge in [-0.2, -0.15) is 5.26 Å². The van der Waals surface area contributed by atoms with Crippen LogP contribution in [-0.2, 0) is 11.5 Å². The lowest BCUT2D eigenvalue weighted by atomic mass is 10.1. The van der Waals surface area contributed by atoms with Crippen LogP contribution in [0.3, 0.4) is 0 Å². The third-order valence-electron chi connectivity index (χ3n) is 4.35. The Kier molecular flexibility index (Phi) is 6.08. The van der Waals surface area contributed by atoms with Gasteiger partial charge in [0.25, 0.3) is 0 Å². The number of nitrogens with zero attached hydrogens (tertiary/aromatic N) is 4. The van der Waals surface area contributed by atoms with Gasteiger partial charge in [-0.25, -0.2) is 9.97 Å². The maximum Gasteiger partial charge on any atom is 0.189 e. The van der Waals surface area contributed by atoms with Crippen molar-refractivity contribution in [3.05, 3.63) is 36.0 Å². The van der Waals surface area contributed by atoms with Crippen molar-refractivity contribution >= 4 is 30.9 Å². The van der Waals surface area contributed by atoms with Crippen molar-refractivity contribution < 1.29 is 9.84 Å². The third-order valence-corrected chi connectivity index (χ3v) is 6.60. The largest absolute Gasteiger partial charge is 0.508 e. The Morgan fingerprint density at radius 3 is 2.71 bits per heavy atom. The zero-order valence-electron chi connectivity index (χ0n) is 16.6. The molecule has 3 rings (SSSR count). The molecule has 0 atom stereocenters. The quantitative estimate of drug-likeness (QED) is 0.262. The molecule has 0 saturated heterocycles. The summed E-state index contributed by atoms with van der Waals surface area (Å²) in [6.45, 7) is 7.97. The Morgan fingerprint density at radius 2 is 2.07 bits per heavy atom. The number of fused-ring (bicyclic) bond motifs is 1. The van der Waals surface area contributed by atoms with Crippen LogP contribution in [0.1, 0.15) is 5.56 Å². The molecule has 0 aliphatic carbocycles. The van der Waals surface area contributed by atoms with Crippen LogP contribution in [-0.4, -0.2) is 40.6 Å². The molecule has 0 unspecified atom stereocenters. The van der Waals surface area contributed by atoms with E-state index in [1.54, 1.807) is 24.4 Å². The highest BCUT2D eigenvalue weighted by Gasteiger charge is 2.19. The SMILES string of the molecule is CSc1nc(-c2cccc(O)c2)c2c(C#N)cn(COCC[Si](C)(C)C)c2n1. The average molecular weight is 413 g/mol. The summed E-state index contributed by atoms with van der Waals surface area (Å²) in [5.41, 5.74) is 2.55. The fourth-order valence-electron chi connectivity index (χ4n) is 2.84. The lowest BCUT2D eigenvalue weighted by Crippen LogP contribution is -2.22. The molecule has 2 heterocycles. The number of hydrogen-bond donors (Lipinski definition) is 1. The summed E-state index contributed by atoms with van der Waals surface area (Å²) in [6, 6.07) is 10.2. The van der Waals surface area contributed by atoms with Crippen molar-refractivity contribution in [2.45, 2.75) is 37.6 Å². The van der Waals surface area contributed by atoms with Crippen LogP contribution in [0, 0.1) is 11.3 Å². The first-order valence-corrected chi connectivity index (χ1v) is 14.0. The Bertz CT molecular complexity index is 1040. The normalized spacial score (nSPS) is 11.7. The highest BCUT2D eigenvalue weighted by Crippen LogP contribution is 2.33. The molecule has 0 aliphatic heterocycles. The number of nitriles is 1. The molecule has 1 aromatic carbocycles. The Balaban J connectivity index is 2.05. The van der Waals surface area contributed by atoms with Gasteiger partial charge in [-0.1, -0.05) is 43.5 Å². The summed E-state index contributed by atoms with van der Waals surface area (Å²) in [5.74, 6) is 0.155. The fourth-order valence-corrected chi connectivity index (χ4v) is 3.96. The second-order valence-electron chi connectivity index (χ2n) is 7.78. The molecule has 28 heavy (non-hydrogen) atoms. The van der Waals surface area contributed by atoms with Crippen molar-refractivity contribution in [1.29, 1.82) is 5.26 Å². The minimum Gasteiger partial charge on any atom is -0.508 e. The van der Waals surface area contributed by atoms with Crippen molar-refractivity contribution in [2.24, 2.45) is 0 Å². The smallest absolute Gasteiger partial charge is 0.189 e. The van der Waals surface area contributed by atoms with Crippen molar-refractivity contribution in [2.75, 3.05) is 12.9 Å². The maximum absolute atomic E-state index is 9.88. The number of aromatic nitrogens is 3. The Labute approximate surface area is 170 Å². The van der Waals surface area contributed by atoms with Gasteiger partial charge in [-0.05, 0) is 24.4 Å². The van der Waals surface area contributed by atoms with E-state index in [-0.39, 0.29) is 5.75 Å². The Morgan fingerprint density at radius 1 is 1.29 bits per heavy atom. The molecular weight excluding hydrogens is 388 g/mol. The van der Waals surface area contributed by atoms with E-state index < -0.39 is 8.07 Å². The van der Waals surface area contributed by atoms with Crippen molar-refractivity contribution in [3.8, 4) is 23.1 Å². The number of hydrogen-bond acceptors (Lipinski definition) is 6. The maximum atomic E-state index is 9.88. The molecule has 0 bridgehead atoms. The summed E-state index contributed by atoms with van der Waals surface area (Å²) < 4.78 is 7.75. The van der Waals surface area contributed by atoms with Crippen LogP contribution in [0.15, 0.2) is 35.6 Å². The first-order valence-electron chi connectivity index (χ1n) is 9.04. The summed E-state index contributed by atoms with van der Waals surface area (Å²) >= 11 is 1.44. The van der Waals surface area contributed by atoms with E-state index in [1.807, 2.05) is 16.9 Å². The zero-order chi connectivity index (χ0) is 20.3. The van der Waals surface area contributed by atoms with Gasteiger partial charge in [-0.15, -0.1) is 0 Å². The van der Waals surface area contributed by atoms with Gasteiger partial charge in [-0.3, -0.25) is 0 Å². The van der Waals surface area contributed by atoms with E-state index in [0.29, 0.717) is 40.8 Å². The molecule has 0 radical (unpaired) electrons. The van der Waals surface area contributed by atoms with Crippen LogP contribution >= 0.6 is 11.8 Å². The molecule has 146 valence electrons. The molecule has 0 amide bonds. The molecule has 0 fully saturated rings. The third kappa shape index (κ3) is 4.55. The highest BCUT2D eigenvalue weighted by atomic mass is 32.2. The van der Waals surface area contributed by atoms with Crippen LogP contribution in [0.5, 0.6) is 5.75 Å². The molecule has 3 aromatic rings. The molecule has 1 N–H and O–H groups in total. The highest BCUT2D eigenvalue weighted by molar-refractivity contribution is 7.98. The molecule has 8 heteroatoms. The van der Waals surface area contributed by atoms with E-state index in [4.69, 9.17) is 4.74 Å². The first kappa shape index (κ1) is 20.4. The lowest BCUT2D eigenvalue weighted by molar-refractivity contribution is 0.0898. The Hall–Kier alpha value is -2.34. The van der Waals surface area contributed by atoms with E-state index in [1.165, 1.54) is 11.8 Å². The number of aromatic hydroxyl groups is 1. The minimum atomic E-state index is -1.16. The topological polar surface area (TPSA) is 84.0 Å². The van der Waals surface area contributed by atoms with Crippen LogP contribution in [0.2, 0.25) is 25.7 Å². The first-order chi connectivity index (χ1) is 13.3. The van der Waals surface area contributed by atoms with Crippen molar-refractivity contribution in [3.63, 3.8) is 0 Å². The van der Waals surface area contributed by atoms with Gasteiger partial charge >= 0.3 is 0 Å². The van der Waals surface area contributed by atoms with Gasteiger partial charge in [0.05, 0.1) is 16.6 Å². The number of rotatable bonds is 7. The van der Waals surface area contributed by atoms with Crippen LogP contribution < -0.4 is 0 Å². The van der Waals surface area contributed by atoms with E-state index in [9.17, 15) is 10.4 Å². The number of benzene rings is 1.